The Morgan fingerprint density at radius 1 is 0.950 bits per heavy atom. The molecule has 0 saturated heterocycles. The van der Waals surface area contributed by atoms with E-state index in [2.05, 4.69) is 24.5 Å². The van der Waals surface area contributed by atoms with Gasteiger partial charge < -0.3 is 15.7 Å². The SMILES string of the molecule is CC(C)CCCCNC(=O)NCCC(C)CCC(=O)O. The van der Waals surface area contributed by atoms with Crippen LogP contribution in [-0.4, -0.2) is 30.2 Å². The number of carboxylic acid groups (broad SMARTS) is 1. The van der Waals surface area contributed by atoms with Crippen molar-refractivity contribution in [3.63, 3.8) is 0 Å². The van der Waals surface area contributed by atoms with Crippen molar-refractivity contribution in [3.05, 3.63) is 0 Å². The van der Waals surface area contributed by atoms with Crippen LogP contribution in [0.3, 0.4) is 0 Å². The summed E-state index contributed by atoms with van der Waals surface area (Å²) in [6.07, 6.45) is 5.03. The normalized spacial score (nSPS) is 12.2. The molecule has 0 aromatic rings. The van der Waals surface area contributed by atoms with Gasteiger partial charge in [-0.25, -0.2) is 4.79 Å². The molecule has 0 aliphatic carbocycles. The lowest BCUT2D eigenvalue weighted by Crippen LogP contribution is -2.36. The van der Waals surface area contributed by atoms with E-state index < -0.39 is 5.97 Å². The lowest BCUT2D eigenvalue weighted by atomic mass is 10.0. The highest BCUT2D eigenvalue weighted by Crippen LogP contribution is 2.09. The van der Waals surface area contributed by atoms with Crippen LogP contribution in [0.25, 0.3) is 0 Å². The number of hydrogen-bond acceptors (Lipinski definition) is 2. The van der Waals surface area contributed by atoms with Crippen LogP contribution in [0, 0.1) is 11.8 Å². The highest BCUT2D eigenvalue weighted by molar-refractivity contribution is 5.73. The summed E-state index contributed by atoms with van der Waals surface area (Å²) in [7, 11) is 0. The molecule has 0 bridgehead atoms. The fourth-order valence-corrected chi connectivity index (χ4v) is 1.89. The van der Waals surface area contributed by atoms with E-state index in [1.807, 2.05) is 6.92 Å². The van der Waals surface area contributed by atoms with Crippen molar-refractivity contribution in [2.24, 2.45) is 11.8 Å². The predicted molar refractivity (Wildman–Crippen MR) is 80.7 cm³/mol. The average molecular weight is 286 g/mol. The first-order valence-corrected chi connectivity index (χ1v) is 7.65. The van der Waals surface area contributed by atoms with E-state index in [9.17, 15) is 9.59 Å². The smallest absolute Gasteiger partial charge is 0.314 e. The van der Waals surface area contributed by atoms with Crippen molar-refractivity contribution >= 4 is 12.0 Å². The first kappa shape index (κ1) is 18.7. The summed E-state index contributed by atoms with van der Waals surface area (Å²) in [5.74, 6) is 0.275. The third kappa shape index (κ3) is 13.2. The second kappa shape index (κ2) is 11.6. The van der Waals surface area contributed by atoms with Crippen molar-refractivity contribution < 1.29 is 14.7 Å². The molecule has 0 saturated carbocycles. The Bertz CT molecular complexity index is 280. The van der Waals surface area contributed by atoms with Gasteiger partial charge in [0.15, 0.2) is 0 Å². The van der Waals surface area contributed by atoms with Crippen molar-refractivity contribution in [1.29, 1.82) is 0 Å². The minimum Gasteiger partial charge on any atom is -0.481 e. The van der Waals surface area contributed by atoms with Gasteiger partial charge in [0.2, 0.25) is 0 Å². The van der Waals surface area contributed by atoms with E-state index in [-0.39, 0.29) is 12.5 Å². The molecule has 0 radical (unpaired) electrons. The zero-order valence-corrected chi connectivity index (χ0v) is 13.1. The minimum absolute atomic E-state index is 0.125. The summed E-state index contributed by atoms with van der Waals surface area (Å²) >= 11 is 0. The first-order valence-electron chi connectivity index (χ1n) is 7.65. The van der Waals surface area contributed by atoms with Crippen LogP contribution in [0.2, 0.25) is 0 Å². The van der Waals surface area contributed by atoms with Gasteiger partial charge in [0.05, 0.1) is 0 Å². The molecule has 3 N–H and O–H groups in total. The second-order valence-corrected chi connectivity index (χ2v) is 5.90. The van der Waals surface area contributed by atoms with E-state index in [1.165, 1.54) is 6.42 Å². The molecule has 0 fully saturated rings. The molecule has 0 spiro atoms. The van der Waals surface area contributed by atoms with Crippen LogP contribution in [0.4, 0.5) is 4.79 Å². The number of urea groups is 1. The van der Waals surface area contributed by atoms with Crippen LogP contribution in [-0.2, 0) is 4.79 Å². The van der Waals surface area contributed by atoms with Crippen LogP contribution in [0.1, 0.15) is 59.3 Å². The number of aliphatic carboxylic acids is 1. The van der Waals surface area contributed by atoms with E-state index in [4.69, 9.17) is 5.11 Å². The maximum absolute atomic E-state index is 11.5. The van der Waals surface area contributed by atoms with Gasteiger partial charge in [-0.1, -0.05) is 33.6 Å². The Morgan fingerprint density at radius 3 is 2.20 bits per heavy atom. The number of amides is 2. The van der Waals surface area contributed by atoms with E-state index in [0.29, 0.717) is 25.4 Å². The molecule has 0 aliphatic heterocycles. The maximum Gasteiger partial charge on any atom is 0.314 e. The third-order valence-corrected chi connectivity index (χ3v) is 3.27. The molecule has 20 heavy (non-hydrogen) atoms. The number of hydrogen-bond donors (Lipinski definition) is 3. The van der Waals surface area contributed by atoms with Crippen LogP contribution in [0.5, 0.6) is 0 Å². The summed E-state index contributed by atoms with van der Waals surface area (Å²) in [4.78, 5) is 21.9. The standard InChI is InChI=1S/C15H30N2O3/c1-12(2)6-4-5-10-16-15(20)17-11-9-13(3)7-8-14(18)19/h12-13H,4-11H2,1-3H3,(H,18,19)(H2,16,17,20). The first-order chi connectivity index (χ1) is 9.41. The molecular weight excluding hydrogens is 256 g/mol. The van der Waals surface area contributed by atoms with Gasteiger partial charge in [-0.15, -0.1) is 0 Å². The Labute approximate surface area is 122 Å². The molecule has 1 atom stereocenters. The monoisotopic (exact) mass is 286 g/mol. The van der Waals surface area contributed by atoms with Gasteiger partial charge in [0, 0.05) is 19.5 Å². The summed E-state index contributed by atoms with van der Waals surface area (Å²) in [6, 6.07) is -0.125. The molecule has 2 amide bonds. The topological polar surface area (TPSA) is 78.4 Å². The zero-order chi connectivity index (χ0) is 15.4. The minimum atomic E-state index is -0.760. The number of carbonyl (C=O) groups is 2. The Morgan fingerprint density at radius 2 is 1.60 bits per heavy atom. The fourth-order valence-electron chi connectivity index (χ4n) is 1.89. The maximum atomic E-state index is 11.5. The Kier molecular flexibility index (Phi) is 10.8. The number of carboxylic acids is 1. The molecule has 0 rings (SSSR count). The second-order valence-electron chi connectivity index (χ2n) is 5.90. The van der Waals surface area contributed by atoms with Crippen molar-refractivity contribution in [3.8, 4) is 0 Å². The molecule has 118 valence electrons. The fraction of sp³-hybridized carbons (Fsp3) is 0.867. The molecule has 5 nitrogen and oxygen atoms in total. The summed E-state index contributed by atoms with van der Waals surface area (Å²) in [5, 5.41) is 14.2. The molecule has 0 heterocycles. The van der Waals surface area contributed by atoms with Crippen LogP contribution >= 0.6 is 0 Å². The Balaban J connectivity index is 3.42. The van der Waals surface area contributed by atoms with Crippen molar-refractivity contribution in [2.45, 2.75) is 59.3 Å². The van der Waals surface area contributed by atoms with E-state index in [1.54, 1.807) is 0 Å². The van der Waals surface area contributed by atoms with Gasteiger partial charge in [-0.05, 0) is 31.1 Å². The lowest BCUT2D eigenvalue weighted by molar-refractivity contribution is -0.137. The number of rotatable bonds is 11. The number of carbonyl (C=O) groups excluding carboxylic acids is 1. The number of nitrogens with one attached hydrogen (secondary N) is 2. The molecule has 0 aliphatic rings. The molecule has 5 heteroatoms. The highest BCUT2D eigenvalue weighted by atomic mass is 16.4. The van der Waals surface area contributed by atoms with Gasteiger partial charge in [0.1, 0.15) is 0 Å². The molecule has 0 aromatic carbocycles. The van der Waals surface area contributed by atoms with Crippen molar-refractivity contribution in [1.82, 2.24) is 10.6 Å². The predicted octanol–water partition coefficient (Wildman–Crippen LogP) is 3.00. The number of unbranched alkanes of at least 4 members (excludes halogenated alkanes) is 1. The summed E-state index contributed by atoms with van der Waals surface area (Å²) < 4.78 is 0. The third-order valence-electron chi connectivity index (χ3n) is 3.27. The quantitative estimate of drug-likeness (QED) is 0.511. The van der Waals surface area contributed by atoms with Crippen LogP contribution in [0.15, 0.2) is 0 Å². The molecular formula is C15H30N2O3. The van der Waals surface area contributed by atoms with E-state index in [0.717, 1.165) is 25.2 Å². The zero-order valence-electron chi connectivity index (χ0n) is 13.1. The summed E-state index contributed by atoms with van der Waals surface area (Å²) in [6.45, 7) is 7.72. The highest BCUT2D eigenvalue weighted by Gasteiger charge is 2.06. The summed E-state index contributed by atoms with van der Waals surface area (Å²) in [5.41, 5.74) is 0. The molecule has 1 unspecified atom stereocenters. The molecule has 0 aromatic heterocycles. The van der Waals surface area contributed by atoms with Crippen LogP contribution < -0.4 is 10.6 Å². The van der Waals surface area contributed by atoms with Gasteiger partial charge in [-0.2, -0.15) is 0 Å². The Hall–Kier alpha value is -1.26. The lowest BCUT2D eigenvalue weighted by Gasteiger charge is -2.11. The largest absolute Gasteiger partial charge is 0.481 e. The van der Waals surface area contributed by atoms with Gasteiger partial charge in [-0.3, -0.25) is 4.79 Å². The average Bonchev–Trinajstić information content (AvgIpc) is 2.35. The van der Waals surface area contributed by atoms with Crippen molar-refractivity contribution in [2.75, 3.05) is 13.1 Å². The van der Waals surface area contributed by atoms with Gasteiger partial charge in [0.25, 0.3) is 0 Å². The van der Waals surface area contributed by atoms with Gasteiger partial charge >= 0.3 is 12.0 Å². The van der Waals surface area contributed by atoms with E-state index >= 15 is 0 Å².